The van der Waals surface area contributed by atoms with Gasteiger partial charge >= 0.3 is 0 Å². The molecule has 1 aliphatic heterocycles. The minimum atomic E-state index is 0.309. The molecule has 0 aromatic heterocycles. The van der Waals surface area contributed by atoms with Crippen molar-refractivity contribution in [2.24, 2.45) is 5.73 Å². The summed E-state index contributed by atoms with van der Waals surface area (Å²) in [6, 6.07) is 19.6. The van der Waals surface area contributed by atoms with Gasteiger partial charge in [-0.2, -0.15) is 0 Å². The van der Waals surface area contributed by atoms with Gasteiger partial charge < -0.3 is 10.5 Å². The lowest BCUT2D eigenvalue weighted by atomic mass is 9.97. The van der Waals surface area contributed by atoms with Gasteiger partial charge in [0.1, 0.15) is 12.4 Å². The quantitative estimate of drug-likeness (QED) is 0.868. The van der Waals surface area contributed by atoms with Crippen molar-refractivity contribution in [3.63, 3.8) is 0 Å². The normalized spacial score (nSPS) is 19.8. The fraction of sp³-hybridized carbons (Fsp3) is 0.429. The topological polar surface area (TPSA) is 38.5 Å². The summed E-state index contributed by atoms with van der Waals surface area (Å²) in [6.45, 7) is 4.73. The van der Waals surface area contributed by atoms with Crippen molar-refractivity contribution in [2.75, 3.05) is 13.1 Å². The Labute approximate surface area is 145 Å². The molecule has 0 aliphatic carbocycles. The van der Waals surface area contributed by atoms with Crippen molar-refractivity contribution >= 4 is 0 Å². The van der Waals surface area contributed by atoms with E-state index in [9.17, 15) is 0 Å². The third-order valence-corrected chi connectivity index (χ3v) is 4.99. The van der Waals surface area contributed by atoms with Crippen LogP contribution in [0.15, 0.2) is 54.6 Å². The van der Waals surface area contributed by atoms with Gasteiger partial charge in [0.15, 0.2) is 0 Å². The summed E-state index contributed by atoms with van der Waals surface area (Å²) in [6.07, 6.45) is 3.88. The molecular weight excluding hydrogens is 296 g/mol. The summed E-state index contributed by atoms with van der Waals surface area (Å²) in [5, 5.41) is 0. The third kappa shape index (κ3) is 4.16. The monoisotopic (exact) mass is 324 g/mol. The highest BCUT2D eigenvalue weighted by Gasteiger charge is 2.26. The van der Waals surface area contributed by atoms with Crippen LogP contribution in [-0.2, 0) is 6.61 Å². The summed E-state index contributed by atoms with van der Waals surface area (Å²) >= 11 is 0. The van der Waals surface area contributed by atoms with E-state index < -0.39 is 0 Å². The van der Waals surface area contributed by atoms with Crippen LogP contribution in [0.3, 0.4) is 0 Å². The number of benzene rings is 2. The molecule has 2 aromatic rings. The molecule has 3 heteroatoms. The summed E-state index contributed by atoms with van der Waals surface area (Å²) in [4.78, 5) is 2.56. The van der Waals surface area contributed by atoms with Crippen LogP contribution in [0.25, 0.3) is 0 Å². The molecule has 1 saturated heterocycles. The Balaban J connectivity index is 1.64. The minimum Gasteiger partial charge on any atom is -0.489 e. The number of hydrogen-bond donors (Lipinski definition) is 1. The van der Waals surface area contributed by atoms with Crippen LogP contribution in [0.2, 0.25) is 0 Å². The maximum absolute atomic E-state index is 6.10. The average Bonchev–Trinajstić information content (AvgIpc) is 2.64. The molecular formula is C21H28N2O. The van der Waals surface area contributed by atoms with E-state index in [0.717, 1.165) is 12.3 Å². The number of rotatable bonds is 6. The number of ether oxygens (including phenoxy) is 1. The molecule has 0 amide bonds. The van der Waals surface area contributed by atoms with E-state index in [1.807, 2.05) is 18.2 Å². The highest BCUT2D eigenvalue weighted by Crippen LogP contribution is 2.29. The Bertz CT molecular complexity index is 611. The fourth-order valence-electron chi connectivity index (χ4n) is 3.57. The van der Waals surface area contributed by atoms with Gasteiger partial charge in [0.25, 0.3) is 0 Å². The van der Waals surface area contributed by atoms with E-state index in [1.165, 1.54) is 30.4 Å². The third-order valence-electron chi connectivity index (χ3n) is 4.99. The molecule has 1 fully saturated rings. The summed E-state index contributed by atoms with van der Waals surface area (Å²) in [7, 11) is 0. The molecule has 24 heavy (non-hydrogen) atoms. The summed E-state index contributed by atoms with van der Waals surface area (Å²) in [5.74, 6) is 0.907. The Morgan fingerprint density at radius 3 is 2.50 bits per heavy atom. The molecule has 3 nitrogen and oxygen atoms in total. The highest BCUT2D eigenvalue weighted by molar-refractivity contribution is 5.30. The van der Waals surface area contributed by atoms with Gasteiger partial charge in [-0.05, 0) is 49.6 Å². The first-order valence-corrected chi connectivity index (χ1v) is 9.00. The Morgan fingerprint density at radius 1 is 1.08 bits per heavy atom. The van der Waals surface area contributed by atoms with Gasteiger partial charge in [0.2, 0.25) is 0 Å². The maximum atomic E-state index is 6.10. The van der Waals surface area contributed by atoms with Gasteiger partial charge in [-0.3, -0.25) is 4.90 Å². The molecule has 1 aliphatic rings. The van der Waals surface area contributed by atoms with Gasteiger partial charge in [0.05, 0.1) is 0 Å². The average molecular weight is 324 g/mol. The second-order valence-corrected chi connectivity index (χ2v) is 6.68. The van der Waals surface area contributed by atoms with Crippen molar-refractivity contribution in [2.45, 2.75) is 44.9 Å². The van der Waals surface area contributed by atoms with Gasteiger partial charge in [-0.15, -0.1) is 0 Å². The second-order valence-electron chi connectivity index (χ2n) is 6.68. The summed E-state index contributed by atoms with van der Waals surface area (Å²) < 4.78 is 5.88. The van der Waals surface area contributed by atoms with E-state index in [1.54, 1.807) is 0 Å². The molecule has 2 N–H and O–H groups in total. The van der Waals surface area contributed by atoms with Crippen molar-refractivity contribution in [1.29, 1.82) is 0 Å². The lowest BCUT2D eigenvalue weighted by molar-refractivity contribution is 0.109. The zero-order chi connectivity index (χ0) is 16.8. The SMILES string of the molecule is CC1CCCCN1C(CN)c1ccc(OCc2ccccc2)cc1. The lowest BCUT2D eigenvalue weighted by Crippen LogP contribution is -2.43. The molecule has 2 aromatic carbocycles. The standard InChI is InChI=1S/C21H28N2O/c1-17-7-5-6-14-23(17)21(15-22)19-10-12-20(13-11-19)24-16-18-8-3-2-4-9-18/h2-4,8-13,17,21H,5-7,14-16,22H2,1H3. The Morgan fingerprint density at radius 2 is 1.83 bits per heavy atom. The number of nitrogens with two attached hydrogens (primary N) is 1. The number of piperidine rings is 1. The van der Waals surface area contributed by atoms with Crippen LogP contribution in [0, 0.1) is 0 Å². The van der Waals surface area contributed by atoms with Crippen LogP contribution in [-0.4, -0.2) is 24.0 Å². The largest absolute Gasteiger partial charge is 0.489 e. The molecule has 0 spiro atoms. The smallest absolute Gasteiger partial charge is 0.119 e. The molecule has 0 bridgehead atoms. The zero-order valence-corrected chi connectivity index (χ0v) is 14.5. The first kappa shape index (κ1) is 17.0. The van der Waals surface area contributed by atoms with Crippen LogP contribution in [0.4, 0.5) is 0 Å². The molecule has 1 heterocycles. The number of likely N-dealkylation sites (tertiary alicyclic amines) is 1. The van der Waals surface area contributed by atoms with E-state index >= 15 is 0 Å². The molecule has 3 rings (SSSR count). The van der Waals surface area contributed by atoms with Gasteiger partial charge in [-0.25, -0.2) is 0 Å². The maximum Gasteiger partial charge on any atom is 0.119 e. The van der Waals surface area contributed by atoms with Crippen LogP contribution < -0.4 is 10.5 Å². The Hall–Kier alpha value is -1.84. The van der Waals surface area contributed by atoms with E-state index in [2.05, 4.69) is 48.2 Å². The van der Waals surface area contributed by atoms with E-state index in [0.29, 0.717) is 25.2 Å². The van der Waals surface area contributed by atoms with Crippen LogP contribution >= 0.6 is 0 Å². The van der Waals surface area contributed by atoms with E-state index in [-0.39, 0.29) is 0 Å². The van der Waals surface area contributed by atoms with E-state index in [4.69, 9.17) is 10.5 Å². The molecule has 2 unspecified atom stereocenters. The molecule has 0 saturated carbocycles. The summed E-state index contributed by atoms with van der Waals surface area (Å²) in [5.41, 5.74) is 8.57. The predicted octanol–water partition coefficient (Wildman–Crippen LogP) is 4.14. The Kier molecular flexibility index (Phi) is 5.89. The van der Waals surface area contributed by atoms with Gasteiger partial charge in [-0.1, -0.05) is 48.9 Å². The first-order chi connectivity index (χ1) is 11.8. The van der Waals surface area contributed by atoms with Crippen molar-refractivity contribution in [1.82, 2.24) is 4.90 Å². The molecule has 128 valence electrons. The van der Waals surface area contributed by atoms with Crippen LogP contribution in [0.1, 0.15) is 43.4 Å². The van der Waals surface area contributed by atoms with Crippen molar-refractivity contribution in [3.05, 3.63) is 65.7 Å². The number of hydrogen-bond acceptors (Lipinski definition) is 3. The first-order valence-electron chi connectivity index (χ1n) is 9.00. The van der Waals surface area contributed by atoms with Crippen molar-refractivity contribution < 1.29 is 4.74 Å². The second kappa shape index (κ2) is 8.32. The molecule has 2 atom stereocenters. The predicted molar refractivity (Wildman–Crippen MR) is 99.0 cm³/mol. The lowest BCUT2D eigenvalue weighted by Gasteiger charge is -2.39. The van der Waals surface area contributed by atoms with Gasteiger partial charge in [0, 0.05) is 18.6 Å². The zero-order valence-electron chi connectivity index (χ0n) is 14.5. The van der Waals surface area contributed by atoms with Crippen LogP contribution in [0.5, 0.6) is 5.75 Å². The minimum absolute atomic E-state index is 0.309. The molecule has 0 radical (unpaired) electrons. The number of nitrogens with zero attached hydrogens (tertiary/aromatic N) is 1. The fourth-order valence-corrected chi connectivity index (χ4v) is 3.57. The highest BCUT2D eigenvalue weighted by atomic mass is 16.5. The van der Waals surface area contributed by atoms with Crippen molar-refractivity contribution in [3.8, 4) is 5.75 Å².